The Morgan fingerprint density at radius 2 is 1.90 bits per heavy atom. The summed E-state index contributed by atoms with van der Waals surface area (Å²) < 4.78 is 47.9. The number of hydrogen-bond acceptors (Lipinski definition) is 3. The zero-order valence-electron chi connectivity index (χ0n) is 10.6. The molecule has 3 nitrogen and oxygen atoms in total. The summed E-state index contributed by atoms with van der Waals surface area (Å²) in [5.74, 6) is -2.40. The van der Waals surface area contributed by atoms with E-state index >= 15 is 0 Å². The topological polar surface area (TPSA) is 39.4 Å². The lowest BCUT2D eigenvalue weighted by Gasteiger charge is -2.07. The first-order chi connectivity index (χ1) is 9.91. The van der Waals surface area contributed by atoms with Gasteiger partial charge in [0.15, 0.2) is 0 Å². The van der Waals surface area contributed by atoms with E-state index in [9.17, 15) is 18.0 Å². The lowest BCUT2D eigenvalue weighted by Crippen LogP contribution is -2.12. The first-order valence-electron chi connectivity index (χ1n) is 5.88. The second-order valence-electron chi connectivity index (χ2n) is 4.15. The Morgan fingerprint density at radius 3 is 2.48 bits per heavy atom. The third-order valence-electron chi connectivity index (χ3n) is 2.60. The summed E-state index contributed by atoms with van der Waals surface area (Å²) in [6, 6.07) is 9.71. The Hall–Kier alpha value is -1.76. The van der Waals surface area contributed by atoms with Gasteiger partial charge in [-0.3, -0.25) is 0 Å². The van der Waals surface area contributed by atoms with Crippen LogP contribution in [-0.4, -0.2) is 5.97 Å². The lowest BCUT2D eigenvalue weighted by atomic mass is 10.2. The van der Waals surface area contributed by atoms with E-state index in [1.165, 1.54) is 0 Å². The van der Waals surface area contributed by atoms with Crippen molar-refractivity contribution in [1.29, 1.82) is 0 Å². The fraction of sp³-hybridized carbons (Fsp3) is 0.214. The van der Waals surface area contributed by atoms with Crippen LogP contribution in [0.2, 0.25) is 0 Å². The molecule has 7 heteroatoms. The SMILES string of the molecule is O=C(OCc1ccccc1)c1cc(CBr)oc1C(F)(F)F. The molecule has 112 valence electrons. The summed E-state index contributed by atoms with van der Waals surface area (Å²) in [5.41, 5.74) is 0.0662. The van der Waals surface area contributed by atoms with E-state index in [0.29, 0.717) is 5.56 Å². The van der Waals surface area contributed by atoms with Crippen molar-refractivity contribution in [2.24, 2.45) is 0 Å². The highest BCUT2D eigenvalue weighted by Crippen LogP contribution is 2.35. The number of benzene rings is 1. The summed E-state index contributed by atoms with van der Waals surface area (Å²) in [5, 5.41) is 0.0715. The molecule has 0 aliphatic heterocycles. The predicted molar refractivity (Wildman–Crippen MR) is 71.9 cm³/mol. The van der Waals surface area contributed by atoms with E-state index in [2.05, 4.69) is 20.3 Å². The molecule has 0 saturated carbocycles. The van der Waals surface area contributed by atoms with Gasteiger partial charge in [-0.15, -0.1) is 0 Å². The minimum Gasteiger partial charge on any atom is -0.457 e. The van der Waals surface area contributed by atoms with Crippen LogP contribution in [0.25, 0.3) is 0 Å². The number of hydrogen-bond donors (Lipinski definition) is 0. The molecule has 0 unspecified atom stereocenters. The molecule has 0 radical (unpaired) electrons. The first-order valence-corrected chi connectivity index (χ1v) is 7.01. The maximum absolute atomic E-state index is 12.8. The maximum Gasteiger partial charge on any atom is 0.450 e. The number of esters is 1. The minimum absolute atomic E-state index is 0.00832. The van der Waals surface area contributed by atoms with E-state index in [4.69, 9.17) is 4.74 Å². The second-order valence-corrected chi connectivity index (χ2v) is 4.71. The van der Waals surface area contributed by atoms with Crippen molar-refractivity contribution < 1.29 is 27.1 Å². The molecule has 0 aliphatic carbocycles. The van der Waals surface area contributed by atoms with Crippen molar-refractivity contribution in [3.63, 3.8) is 0 Å². The number of carbonyl (C=O) groups excluding carboxylic acids is 1. The van der Waals surface area contributed by atoms with Gasteiger partial charge in [0.1, 0.15) is 17.9 Å². The molecule has 0 N–H and O–H groups in total. The molecule has 0 aliphatic rings. The fourth-order valence-corrected chi connectivity index (χ4v) is 1.95. The van der Waals surface area contributed by atoms with E-state index in [-0.39, 0.29) is 17.7 Å². The normalized spacial score (nSPS) is 11.4. The highest BCUT2D eigenvalue weighted by Gasteiger charge is 2.40. The number of rotatable bonds is 4. The molecule has 0 spiro atoms. The van der Waals surface area contributed by atoms with Crippen molar-refractivity contribution in [2.45, 2.75) is 18.1 Å². The summed E-state index contributed by atoms with van der Waals surface area (Å²) in [6.45, 7) is -0.105. The van der Waals surface area contributed by atoms with Crippen molar-refractivity contribution in [2.75, 3.05) is 0 Å². The van der Waals surface area contributed by atoms with Crippen LogP contribution in [0.5, 0.6) is 0 Å². The molecule has 1 aromatic heterocycles. The van der Waals surface area contributed by atoms with E-state index in [0.717, 1.165) is 6.07 Å². The molecule has 0 bridgehead atoms. The van der Waals surface area contributed by atoms with E-state index in [1.807, 2.05) is 0 Å². The third-order valence-corrected chi connectivity index (χ3v) is 3.16. The zero-order valence-corrected chi connectivity index (χ0v) is 12.2. The van der Waals surface area contributed by atoms with Crippen molar-refractivity contribution in [3.05, 3.63) is 59.0 Å². The molecular weight excluding hydrogens is 353 g/mol. The average Bonchev–Trinajstić information content (AvgIpc) is 2.90. The Kier molecular flexibility index (Phi) is 4.72. The summed E-state index contributed by atoms with van der Waals surface area (Å²) in [7, 11) is 0. The molecule has 0 fully saturated rings. The predicted octanol–water partition coefficient (Wildman–Crippen LogP) is 4.55. The highest BCUT2D eigenvalue weighted by molar-refractivity contribution is 9.08. The van der Waals surface area contributed by atoms with Crippen molar-refractivity contribution >= 4 is 21.9 Å². The van der Waals surface area contributed by atoms with Gasteiger partial charge in [0.05, 0.1) is 5.33 Å². The van der Waals surface area contributed by atoms with Crippen molar-refractivity contribution in [3.8, 4) is 0 Å². The molecule has 2 rings (SSSR count). The number of ether oxygens (including phenoxy) is 1. The summed E-state index contributed by atoms with van der Waals surface area (Å²) in [4.78, 5) is 11.8. The van der Waals surface area contributed by atoms with Gasteiger partial charge in [-0.1, -0.05) is 46.3 Å². The van der Waals surface area contributed by atoms with E-state index < -0.39 is 23.5 Å². The van der Waals surface area contributed by atoms with Gasteiger partial charge in [-0.25, -0.2) is 4.79 Å². The van der Waals surface area contributed by atoms with Crippen LogP contribution >= 0.6 is 15.9 Å². The van der Waals surface area contributed by atoms with Crippen LogP contribution in [0.1, 0.15) is 27.4 Å². The van der Waals surface area contributed by atoms with Crippen molar-refractivity contribution in [1.82, 2.24) is 0 Å². The van der Waals surface area contributed by atoms with Gasteiger partial charge in [0.2, 0.25) is 5.76 Å². The number of halogens is 4. The molecule has 0 saturated heterocycles. The van der Waals surface area contributed by atoms with Gasteiger partial charge >= 0.3 is 12.1 Å². The third kappa shape index (κ3) is 3.87. The molecule has 0 amide bonds. The number of furan rings is 1. The molecule has 21 heavy (non-hydrogen) atoms. The van der Waals surface area contributed by atoms with Gasteiger partial charge in [-0.2, -0.15) is 13.2 Å². The van der Waals surface area contributed by atoms with E-state index in [1.54, 1.807) is 30.3 Å². The van der Waals surface area contributed by atoms with Gasteiger partial charge in [0, 0.05) is 0 Å². The number of carbonyl (C=O) groups is 1. The fourth-order valence-electron chi connectivity index (χ4n) is 1.67. The molecule has 2 aromatic rings. The molecule has 0 atom stereocenters. The van der Waals surface area contributed by atoms with Gasteiger partial charge in [0.25, 0.3) is 0 Å². The molecular formula is C14H10BrF3O3. The molecule has 1 aromatic carbocycles. The quantitative estimate of drug-likeness (QED) is 0.591. The van der Waals surface area contributed by atoms with Crippen LogP contribution < -0.4 is 0 Å². The largest absolute Gasteiger partial charge is 0.457 e. The zero-order chi connectivity index (χ0) is 15.5. The smallest absolute Gasteiger partial charge is 0.450 e. The highest BCUT2D eigenvalue weighted by atomic mass is 79.9. The standard InChI is InChI=1S/C14H10BrF3O3/c15-7-10-6-11(12(21-10)14(16,17)18)13(19)20-8-9-4-2-1-3-5-9/h1-6H,7-8H2. The number of alkyl halides is 4. The monoisotopic (exact) mass is 362 g/mol. The van der Waals surface area contributed by atoms with Crippen LogP contribution in [0.15, 0.2) is 40.8 Å². The van der Waals surface area contributed by atoms with Crippen LogP contribution in [0.4, 0.5) is 13.2 Å². The Labute approximate surface area is 126 Å². The van der Waals surface area contributed by atoms with Crippen LogP contribution in [0, 0.1) is 0 Å². The Bertz CT molecular complexity index is 620. The lowest BCUT2D eigenvalue weighted by molar-refractivity contribution is -0.153. The van der Waals surface area contributed by atoms with Gasteiger partial charge < -0.3 is 9.15 Å². The average molecular weight is 363 g/mol. The van der Waals surface area contributed by atoms with Crippen LogP contribution in [0.3, 0.4) is 0 Å². The minimum atomic E-state index is -4.75. The molecule has 1 heterocycles. The van der Waals surface area contributed by atoms with Crippen LogP contribution in [-0.2, 0) is 22.9 Å². The first kappa shape index (κ1) is 15.6. The Balaban J connectivity index is 2.17. The Morgan fingerprint density at radius 1 is 1.24 bits per heavy atom. The van der Waals surface area contributed by atoms with Gasteiger partial charge in [-0.05, 0) is 11.6 Å². The summed E-state index contributed by atoms with van der Waals surface area (Å²) in [6.07, 6.45) is -4.75. The maximum atomic E-state index is 12.8. The second kappa shape index (κ2) is 6.34. The summed E-state index contributed by atoms with van der Waals surface area (Å²) >= 11 is 2.98.